The highest BCUT2D eigenvalue weighted by molar-refractivity contribution is 5.80. The van der Waals surface area contributed by atoms with Crippen molar-refractivity contribution in [2.24, 2.45) is 4.99 Å². The second kappa shape index (κ2) is 11.1. The van der Waals surface area contributed by atoms with Crippen molar-refractivity contribution in [3.63, 3.8) is 0 Å². The van der Waals surface area contributed by atoms with Crippen LogP contribution in [0.15, 0.2) is 29.3 Å². The standard InChI is InChI=1S/C19H31N3O3/c1-3-20-19(22-9-8-18(23)14-22)21-13-16-6-5-7-17(12-16)15-25-11-10-24-4-2/h5-7,12,18,23H,3-4,8-11,13-15H2,1-2H3,(H,20,21)/t18-/m1/s1. The van der Waals surface area contributed by atoms with Crippen molar-refractivity contribution in [1.82, 2.24) is 10.2 Å². The summed E-state index contributed by atoms with van der Waals surface area (Å²) in [6.07, 6.45) is 0.555. The summed E-state index contributed by atoms with van der Waals surface area (Å²) in [5.41, 5.74) is 2.30. The van der Waals surface area contributed by atoms with Gasteiger partial charge < -0.3 is 24.8 Å². The van der Waals surface area contributed by atoms with E-state index in [0.717, 1.165) is 43.2 Å². The van der Waals surface area contributed by atoms with Gasteiger partial charge in [0.2, 0.25) is 0 Å². The number of aliphatic hydroxyl groups excluding tert-OH is 1. The number of β-amino-alcohol motifs (C(OH)–C–C–N with tert-alkyl or cyclic N) is 1. The predicted molar refractivity (Wildman–Crippen MR) is 99.6 cm³/mol. The van der Waals surface area contributed by atoms with Crippen LogP contribution in [-0.4, -0.2) is 61.5 Å². The second-order valence-corrected chi connectivity index (χ2v) is 6.13. The minimum absolute atomic E-state index is 0.249. The molecule has 0 bridgehead atoms. The molecule has 1 aliphatic rings. The van der Waals surface area contributed by atoms with Crippen LogP contribution in [0.2, 0.25) is 0 Å². The Bertz CT molecular complexity index is 536. The van der Waals surface area contributed by atoms with Gasteiger partial charge in [0, 0.05) is 26.2 Å². The van der Waals surface area contributed by atoms with Gasteiger partial charge in [-0.1, -0.05) is 24.3 Å². The monoisotopic (exact) mass is 349 g/mol. The van der Waals surface area contributed by atoms with Crippen LogP contribution in [0.3, 0.4) is 0 Å². The topological polar surface area (TPSA) is 66.3 Å². The Hall–Kier alpha value is -1.63. The fraction of sp³-hybridized carbons (Fsp3) is 0.632. The van der Waals surface area contributed by atoms with Gasteiger partial charge in [-0.15, -0.1) is 0 Å². The average molecular weight is 349 g/mol. The first kappa shape index (κ1) is 19.7. The molecule has 1 aliphatic heterocycles. The Morgan fingerprint density at radius 2 is 2.08 bits per heavy atom. The van der Waals surface area contributed by atoms with Gasteiger partial charge in [-0.3, -0.25) is 0 Å². The van der Waals surface area contributed by atoms with Gasteiger partial charge in [0.15, 0.2) is 5.96 Å². The predicted octanol–water partition coefficient (Wildman–Crippen LogP) is 1.77. The maximum absolute atomic E-state index is 9.73. The van der Waals surface area contributed by atoms with Crippen LogP contribution < -0.4 is 5.32 Å². The third-order valence-corrected chi connectivity index (χ3v) is 4.05. The Kier molecular flexibility index (Phi) is 8.72. The van der Waals surface area contributed by atoms with Gasteiger partial charge in [0.05, 0.1) is 32.5 Å². The van der Waals surface area contributed by atoms with E-state index >= 15 is 0 Å². The molecule has 0 amide bonds. The lowest BCUT2D eigenvalue weighted by Crippen LogP contribution is -2.40. The molecule has 0 radical (unpaired) electrons. The normalized spacial score (nSPS) is 18.0. The van der Waals surface area contributed by atoms with E-state index in [9.17, 15) is 5.11 Å². The van der Waals surface area contributed by atoms with E-state index in [1.54, 1.807) is 0 Å². The molecule has 1 heterocycles. The fourth-order valence-corrected chi connectivity index (χ4v) is 2.80. The number of aliphatic imine (C=N–C) groups is 1. The van der Waals surface area contributed by atoms with Crippen LogP contribution in [0.25, 0.3) is 0 Å². The molecule has 0 aliphatic carbocycles. The molecule has 1 aromatic carbocycles. The average Bonchev–Trinajstić information content (AvgIpc) is 3.05. The van der Waals surface area contributed by atoms with Crippen molar-refractivity contribution in [3.8, 4) is 0 Å². The van der Waals surface area contributed by atoms with Gasteiger partial charge in [-0.05, 0) is 31.4 Å². The first-order chi connectivity index (χ1) is 12.2. The third-order valence-electron chi connectivity index (χ3n) is 4.05. The molecular formula is C19H31N3O3. The maximum Gasteiger partial charge on any atom is 0.194 e. The van der Waals surface area contributed by atoms with E-state index in [4.69, 9.17) is 14.5 Å². The van der Waals surface area contributed by atoms with Crippen LogP contribution >= 0.6 is 0 Å². The van der Waals surface area contributed by atoms with E-state index in [2.05, 4.69) is 35.3 Å². The molecule has 25 heavy (non-hydrogen) atoms. The molecule has 0 spiro atoms. The number of ether oxygens (including phenoxy) is 2. The first-order valence-corrected chi connectivity index (χ1v) is 9.17. The largest absolute Gasteiger partial charge is 0.391 e. The van der Waals surface area contributed by atoms with Crippen LogP contribution in [0, 0.1) is 0 Å². The lowest BCUT2D eigenvalue weighted by atomic mass is 10.1. The van der Waals surface area contributed by atoms with Crippen LogP contribution in [0.1, 0.15) is 31.4 Å². The molecule has 140 valence electrons. The van der Waals surface area contributed by atoms with Crippen molar-refractivity contribution >= 4 is 5.96 Å². The van der Waals surface area contributed by atoms with Crippen LogP contribution in [-0.2, 0) is 22.6 Å². The Labute approximate surface area is 150 Å². The number of rotatable bonds is 9. The fourth-order valence-electron chi connectivity index (χ4n) is 2.80. The number of guanidine groups is 1. The molecule has 6 nitrogen and oxygen atoms in total. The number of likely N-dealkylation sites (tertiary alicyclic amines) is 1. The van der Waals surface area contributed by atoms with Gasteiger partial charge in [0.25, 0.3) is 0 Å². The van der Waals surface area contributed by atoms with E-state index in [-0.39, 0.29) is 6.10 Å². The van der Waals surface area contributed by atoms with Gasteiger partial charge >= 0.3 is 0 Å². The Balaban J connectivity index is 1.88. The smallest absolute Gasteiger partial charge is 0.194 e. The SMILES string of the molecule is CCNC(=NCc1cccc(COCCOCC)c1)N1CC[C@@H](O)C1. The molecule has 6 heteroatoms. The summed E-state index contributed by atoms with van der Waals surface area (Å²) in [5, 5.41) is 13.0. The molecule has 0 saturated carbocycles. The van der Waals surface area contributed by atoms with E-state index in [1.807, 2.05) is 13.0 Å². The summed E-state index contributed by atoms with van der Waals surface area (Å²) in [6.45, 7) is 9.52. The molecular weight excluding hydrogens is 318 g/mol. The summed E-state index contributed by atoms with van der Waals surface area (Å²) < 4.78 is 10.9. The minimum Gasteiger partial charge on any atom is -0.391 e. The van der Waals surface area contributed by atoms with Crippen LogP contribution in [0.5, 0.6) is 0 Å². The highest BCUT2D eigenvalue weighted by Crippen LogP contribution is 2.11. The summed E-state index contributed by atoms with van der Waals surface area (Å²) in [4.78, 5) is 6.84. The number of nitrogens with zero attached hydrogens (tertiary/aromatic N) is 2. The highest BCUT2D eigenvalue weighted by Gasteiger charge is 2.22. The van der Waals surface area contributed by atoms with E-state index in [0.29, 0.717) is 32.9 Å². The number of hydrogen-bond acceptors (Lipinski definition) is 4. The minimum atomic E-state index is -0.249. The highest BCUT2D eigenvalue weighted by atomic mass is 16.5. The summed E-state index contributed by atoms with van der Waals surface area (Å²) in [5.74, 6) is 0.873. The van der Waals surface area contributed by atoms with Crippen molar-refractivity contribution in [2.45, 2.75) is 39.5 Å². The number of benzene rings is 1. The molecule has 2 rings (SSSR count). The second-order valence-electron chi connectivity index (χ2n) is 6.13. The van der Waals surface area contributed by atoms with E-state index in [1.165, 1.54) is 0 Å². The molecule has 1 fully saturated rings. The summed E-state index contributed by atoms with van der Waals surface area (Å²) in [7, 11) is 0. The zero-order chi connectivity index (χ0) is 17.9. The Morgan fingerprint density at radius 3 is 2.80 bits per heavy atom. The molecule has 1 aromatic rings. The van der Waals surface area contributed by atoms with Crippen molar-refractivity contribution < 1.29 is 14.6 Å². The van der Waals surface area contributed by atoms with Crippen molar-refractivity contribution in [1.29, 1.82) is 0 Å². The maximum atomic E-state index is 9.73. The Morgan fingerprint density at radius 1 is 1.28 bits per heavy atom. The van der Waals surface area contributed by atoms with E-state index < -0.39 is 0 Å². The summed E-state index contributed by atoms with van der Waals surface area (Å²) in [6, 6.07) is 8.32. The van der Waals surface area contributed by atoms with Crippen LogP contribution in [0.4, 0.5) is 0 Å². The number of aliphatic hydroxyl groups is 1. The van der Waals surface area contributed by atoms with Crippen molar-refractivity contribution in [2.75, 3.05) is 39.5 Å². The molecule has 0 aromatic heterocycles. The van der Waals surface area contributed by atoms with Gasteiger partial charge in [0.1, 0.15) is 0 Å². The summed E-state index contributed by atoms with van der Waals surface area (Å²) >= 11 is 0. The lowest BCUT2D eigenvalue weighted by molar-refractivity contribution is 0.0453. The third kappa shape index (κ3) is 7.02. The molecule has 0 unspecified atom stereocenters. The molecule has 1 atom stereocenters. The van der Waals surface area contributed by atoms with Gasteiger partial charge in [-0.25, -0.2) is 4.99 Å². The zero-order valence-corrected chi connectivity index (χ0v) is 15.4. The zero-order valence-electron chi connectivity index (χ0n) is 15.4. The van der Waals surface area contributed by atoms with Crippen molar-refractivity contribution in [3.05, 3.63) is 35.4 Å². The quantitative estimate of drug-likeness (QED) is 0.404. The molecule has 2 N–H and O–H groups in total. The molecule has 1 saturated heterocycles. The first-order valence-electron chi connectivity index (χ1n) is 9.17. The number of hydrogen-bond donors (Lipinski definition) is 2. The number of nitrogens with one attached hydrogen (secondary N) is 1. The van der Waals surface area contributed by atoms with Gasteiger partial charge in [-0.2, -0.15) is 0 Å². The lowest BCUT2D eigenvalue weighted by Gasteiger charge is -2.21.